The van der Waals surface area contributed by atoms with Gasteiger partial charge in [0.2, 0.25) is 0 Å². The van der Waals surface area contributed by atoms with Crippen molar-refractivity contribution in [3.63, 3.8) is 0 Å². The predicted molar refractivity (Wildman–Crippen MR) is 55.8 cm³/mol. The van der Waals surface area contributed by atoms with Crippen LogP contribution in [0.1, 0.15) is 11.1 Å². The van der Waals surface area contributed by atoms with Gasteiger partial charge in [0.15, 0.2) is 0 Å². The quantitative estimate of drug-likeness (QED) is 0.883. The third kappa shape index (κ3) is 3.61. The van der Waals surface area contributed by atoms with Crippen molar-refractivity contribution in [1.29, 1.82) is 0 Å². The maximum absolute atomic E-state index is 12.5. The molecule has 0 saturated heterocycles. The highest BCUT2D eigenvalue weighted by atomic mass is 35.5. The minimum Gasteiger partial charge on any atom is -0.480 e. The molecule has 0 fully saturated rings. The van der Waals surface area contributed by atoms with E-state index in [4.69, 9.17) is 22.4 Å². The summed E-state index contributed by atoms with van der Waals surface area (Å²) >= 11 is 5.41. The molecule has 94 valence electrons. The van der Waals surface area contributed by atoms with E-state index in [-0.39, 0.29) is 12.0 Å². The number of alkyl halides is 3. The summed E-state index contributed by atoms with van der Waals surface area (Å²) in [5.41, 5.74) is 4.42. The zero-order chi connectivity index (χ0) is 13.2. The molecule has 1 aromatic rings. The summed E-state index contributed by atoms with van der Waals surface area (Å²) in [7, 11) is 0. The van der Waals surface area contributed by atoms with Crippen LogP contribution in [-0.2, 0) is 17.4 Å². The van der Waals surface area contributed by atoms with Gasteiger partial charge in [-0.25, -0.2) is 0 Å². The van der Waals surface area contributed by atoms with Crippen LogP contribution in [0.2, 0.25) is 5.02 Å². The van der Waals surface area contributed by atoms with Crippen LogP contribution in [-0.4, -0.2) is 17.1 Å². The van der Waals surface area contributed by atoms with Crippen molar-refractivity contribution in [1.82, 2.24) is 0 Å². The van der Waals surface area contributed by atoms with E-state index in [9.17, 15) is 18.0 Å². The molecule has 3 N–H and O–H groups in total. The van der Waals surface area contributed by atoms with E-state index in [0.717, 1.165) is 12.1 Å². The minimum atomic E-state index is -4.57. The molecule has 0 unspecified atom stereocenters. The van der Waals surface area contributed by atoms with Gasteiger partial charge in [0.25, 0.3) is 0 Å². The first kappa shape index (κ1) is 13.8. The molecule has 1 atom stereocenters. The highest BCUT2D eigenvalue weighted by Gasteiger charge is 2.33. The average molecular weight is 268 g/mol. The monoisotopic (exact) mass is 267 g/mol. The number of benzene rings is 1. The Bertz CT molecular complexity index is 434. The Morgan fingerprint density at radius 2 is 2.06 bits per heavy atom. The largest absolute Gasteiger partial charge is 0.480 e. The summed E-state index contributed by atoms with van der Waals surface area (Å²) in [6.45, 7) is 0. The molecule has 0 bridgehead atoms. The molecule has 0 aliphatic heterocycles. The number of halogens is 4. The number of nitrogens with two attached hydrogens (primary N) is 1. The van der Waals surface area contributed by atoms with E-state index in [0.29, 0.717) is 0 Å². The zero-order valence-corrected chi connectivity index (χ0v) is 9.22. The van der Waals surface area contributed by atoms with Crippen molar-refractivity contribution >= 4 is 17.6 Å². The third-order valence-corrected chi connectivity index (χ3v) is 2.44. The summed E-state index contributed by atoms with van der Waals surface area (Å²) in [6.07, 6.45) is -4.75. The standard InChI is InChI=1S/C10H9ClF3NO2/c11-7-2-1-5(4-8(15)9(16)17)3-6(7)10(12,13)14/h1-3,8H,4,15H2,(H,16,17)/t8-/m0/s1. The Balaban J connectivity index is 3.01. The first-order valence-electron chi connectivity index (χ1n) is 4.56. The Labute approximate surface area is 100.0 Å². The van der Waals surface area contributed by atoms with Crippen LogP contribution in [0, 0.1) is 0 Å². The zero-order valence-electron chi connectivity index (χ0n) is 8.46. The summed E-state index contributed by atoms with van der Waals surface area (Å²) in [6, 6.07) is 1.97. The van der Waals surface area contributed by atoms with Crippen LogP contribution in [0.4, 0.5) is 13.2 Å². The number of carboxylic acid groups (broad SMARTS) is 1. The molecule has 0 amide bonds. The molecule has 0 spiro atoms. The van der Waals surface area contributed by atoms with Gasteiger partial charge in [0, 0.05) is 0 Å². The van der Waals surface area contributed by atoms with Crippen LogP contribution in [0.5, 0.6) is 0 Å². The van der Waals surface area contributed by atoms with Crippen molar-refractivity contribution in [2.75, 3.05) is 0 Å². The Hall–Kier alpha value is -1.27. The van der Waals surface area contributed by atoms with E-state index < -0.39 is 28.8 Å². The van der Waals surface area contributed by atoms with Gasteiger partial charge in [-0.15, -0.1) is 0 Å². The van der Waals surface area contributed by atoms with Gasteiger partial charge in [-0.1, -0.05) is 17.7 Å². The first-order valence-corrected chi connectivity index (χ1v) is 4.93. The molecule has 0 saturated carbocycles. The van der Waals surface area contributed by atoms with Crippen molar-refractivity contribution in [2.45, 2.75) is 18.6 Å². The summed E-state index contributed by atoms with van der Waals surface area (Å²) in [5.74, 6) is -1.27. The average Bonchev–Trinajstić information content (AvgIpc) is 2.19. The summed E-state index contributed by atoms with van der Waals surface area (Å²) in [5, 5.41) is 8.13. The smallest absolute Gasteiger partial charge is 0.417 e. The molecular formula is C10H9ClF3NO2. The summed E-state index contributed by atoms with van der Waals surface area (Å²) < 4.78 is 37.5. The second-order valence-corrected chi connectivity index (χ2v) is 3.87. The second kappa shape index (κ2) is 4.93. The third-order valence-electron chi connectivity index (χ3n) is 2.11. The maximum Gasteiger partial charge on any atom is 0.417 e. The fourth-order valence-corrected chi connectivity index (χ4v) is 1.48. The number of hydrogen-bond donors (Lipinski definition) is 2. The molecule has 0 heterocycles. The summed E-state index contributed by atoms with van der Waals surface area (Å²) in [4.78, 5) is 10.5. The molecule has 17 heavy (non-hydrogen) atoms. The SMILES string of the molecule is N[C@@H](Cc1ccc(Cl)c(C(F)(F)F)c1)C(=O)O. The lowest BCUT2D eigenvalue weighted by Gasteiger charge is -2.12. The molecule has 7 heteroatoms. The number of rotatable bonds is 3. The predicted octanol–water partition coefficient (Wildman–Crippen LogP) is 2.31. The van der Waals surface area contributed by atoms with E-state index in [1.807, 2.05) is 0 Å². The van der Waals surface area contributed by atoms with Crippen molar-refractivity contribution in [3.8, 4) is 0 Å². The number of carboxylic acids is 1. The lowest BCUT2D eigenvalue weighted by molar-refractivity contribution is -0.138. The molecule has 0 radical (unpaired) electrons. The van der Waals surface area contributed by atoms with Crippen molar-refractivity contribution in [3.05, 3.63) is 34.3 Å². The lowest BCUT2D eigenvalue weighted by atomic mass is 10.0. The van der Waals surface area contributed by atoms with Gasteiger partial charge >= 0.3 is 12.1 Å². The molecular weight excluding hydrogens is 259 g/mol. The highest BCUT2D eigenvalue weighted by molar-refractivity contribution is 6.31. The Morgan fingerprint density at radius 3 is 2.53 bits per heavy atom. The van der Waals surface area contributed by atoms with Crippen LogP contribution in [0.15, 0.2) is 18.2 Å². The van der Waals surface area contributed by atoms with Crippen LogP contribution in [0.25, 0.3) is 0 Å². The van der Waals surface area contributed by atoms with E-state index >= 15 is 0 Å². The van der Waals surface area contributed by atoms with Crippen molar-refractivity contribution < 1.29 is 23.1 Å². The topological polar surface area (TPSA) is 63.3 Å². The van der Waals surface area contributed by atoms with Crippen LogP contribution < -0.4 is 5.73 Å². The van der Waals surface area contributed by atoms with E-state index in [1.54, 1.807) is 0 Å². The lowest BCUT2D eigenvalue weighted by Crippen LogP contribution is -2.32. The second-order valence-electron chi connectivity index (χ2n) is 3.46. The van der Waals surface area contributed by atoms with E-state index in [2.05, 4.69) is 0 Å². The molecule has 0 aliphatic rings. The van der Waals surface area contributed by atoms with Gasteiger partial charge in [-0.3, -0.25) is 4.79 Å². The number of hydrogen-bond acceptors (Lipinski definition) is 2. The molecule has 0 aromatic heterocycles. The Morgan fingerprint density at radius 1 is 1.47 bits per heavy atom. The normalized spacial score (nSPS) is 13.5. The Kier molecular flexibility index (Phi) is 4.00. The van der Waals surface area contributed by atoms with Gasteiger partial charge in [-0.2, -0.15) is 13.2 Å². The molecule has 1 aromatic carbocycles. The van der Waals surface area contributed by atoms with Gasteiger partial charge < -0.3 is 10.8 Å². The van der Waals surface area contributed by atoms with Crippen LogP contribution in [0.3, 0.4) is 0 Å². The molecule has 3 nitrogen and oxygen atoms in total. The van der Waals surface area contributed by atoms with Gasteiger partial charge in [0.1, 0.15) is 6.04 Å². The van der Waals surface area contributed by atoms with E-state index in [1.165, 1.54) is 6.07 Å². The minimum absolute atomic E-state index is 0.177. The van der Waals surface area contributed by atoms with Gasteiger partial charge in [-0.05, 0) is 24.1 Å². The fraction of sp³-hybridized carbons (Fsp3) is 0.300. The fourth-order valence-electron chi connectivity index (χ4n) is 1.26. The first-order chi connectivity index (χ1) is 7.71. The molecule has 0 aliphatic carbocycles. The maximum atomic E-state index is 12.5. The number of carbonyl (C=O) groups is 1. The van der Waals surface area contributed by atoms with Crippen molar-refractivity contribution in [2.24, 2.45) is 5.73 Å². The highest BCUT2D eigenvalue weighted by Crippen LogP contribution is 2.35. The number of aliphatic carboxylic acids is 1. The van der Waals surface area contributed by atoms with Crippen LogP contribution >= 0.6 is 11.6 Å². The molecule has 1 rings (SSSR count). The van der Waals surface area contributed by atoms with Gasteiger partial charge in [0.05, 0.1) is 10.6 Å².